The third-order valence-corrected chi connectivity index (χ3v) is 3.07. The van der Waals surface area contributed by atoms with Gasteiger partial charge < -0.3 is 15.7 Å². The number of rotatable bonds is 3. The molecule has 0 spiro atoms. The Morgan fingerprint density at radius 3 is 2.53 bits per heavy atom. The van der Waals surface area contributed by atoms with Gasteiger partial charge in [0.2, 0.25) is 5.91 Å². The lowest BCUT2D eigenvalue weighted by Crippen LogP contribution is -2.50. The molecule has 1 heterocycles. The topological polar surface area (TPSA) is 66.6 Å². The first-order valence-corrected chi connectivity index (χ1v) is 5.73. The Kier molecular flexibility index (Phi) is 4.11. The van der Waals surface area contributed by atoms with E-state index in [0.29, 0.717) is 25.9 Å². The van der Waals surface area contributed by atoms with E-state index in [0.717, 1.165) is 12.8 Å². The van der Waals surface area contributed by atoms with Gasteiger partial charge in [-0.25, -0.2) is 0 Å². The van der Waals surface area contributed by atoms with E-state index in [1.54, 1.807) is 4.90 Å². The molecule has 0 aromatic carbocycles. The van der Waals surface area contributed by atoms with Gasteiger partial charge in [0.1, 0.15) is 0 Å². The summed E-state index contributed by atoms with van der Waals surface area (Å²) in [6, 6.07) is -0.363. The first kappa shape index (κ1) is 12.5. The molecule has 1 rings (SSSR count). The van der Waals surface area contributed by atoms with Crippen LogP contribution in [0.15, 0.2) is 0 Å². The summed E-state index contributed by atoms with van der Waals surface area (Å²) in [5.74, 6) is 0.0346. The van der Waals surface area contributed by atoms with Crippen molar-refractivity contribution >= 4 is 5.91 Å². The van der Waals surface area contributed by atoms with E-state index in [1.165, 1.54) is 0 Å². The van der Waals surface area contributed by atoms with Crippen molar-refractivity contribution in [2.45, 2.75) is 51.2 Å². The van der Waals surface area contributed by atoms with Gasteiger partial charge in [-0.2, -0.15) is 0 Å². The van der Waals surface area contributed by atoms with Gasteiger partial charge in [-0.05, 0) is 26.2 Å². The summed E-state index contributed by atoms with van der Waals surface area (Å²) in [6.07, 6.45) is 2.97. The number of aliphatic hydroxyl groups is 1. The Bertz CT molecular complexity index is 219. The van der Waals surface area contributed by atoms with E-state index in [2.05, 4.69) is 0 Å². The van der Waals surface area contributed by atoms with Gasteiger partial charge in [-0.15, -0.1) is 0 Å². The van der Waals surface area contributed by atoms with Crippen molar-refractivity contribution < 1.29 is 9.90 Å². The molecule has 15 heavy (non-hydrogen) atoms. The molecule has 1 fully saturated rings. The first-order chi connectivity index (χ1) is 6.96. The van der Waals surface area contributed by atoms with Gasteiger partial charge in [-0.1, -0.05) is 13.3 Å². The standard InChI is InChI=1S/C11H22N2O2/c1-3-4-9(12)10(14)13-7-5-11(2,15)6-8-13/h9,15H,3-8,12H2,1-2H3/t9-/m1/s1. The van der Waals surface area contributed by atoms with Crippen molar-refractivity contribution in [1.82, 2.24) is 4.90 Å². The Hall–Kier alpha value is -0.610. The highest BCUT2D eigenvalue weighted by molar-refractivity contribution is 5.81. The van der Waals surface area contributed by atoms with E-state index in [1.807, 2.05) is 13.8 Å². The third kappa shape index (κ3) is 3.47. The number of likely N-dealkylation sites (tertiary alicyclic amines) is 1. The van der Waals surface area contributed by atoms with Gasteiger partial charge in [0.05, 0.1) is 11.6 Å². The zero-order valence-electron chi connectivity index (χ0n) is 9.70. The molecule has 1 aliphatic heterocycles. The molecule has 0 aliphatic carbocycles. The van der Waals surface area contributed by atoms with Crippen LogP contribution >= 0.6 is 0 Å². The second-order valence-corrected chi connectivity index (χ2v) is 4.72. The van der Waals surface area contributed by atoms with Crippen molar-refractivity contribution in [3.05, 3.63) is 0 Å². The minimum atomic E-state index is -0.606. The van der Waals surface area contributed by atoms with Gasteiger partial charge in [0.15, 0.2) is 0 Å². The van der Waals surface area contributed by atoms with Crippen LogP contribution in [0.4, 0.5) is 0 Å². The Balaban J connectivity index is 2.42. The number of hydrogen-bond acceptors (Lipinski definition) is 3. The van der Waals surface area contributed by atoms with Gasteiger partial charge in [0.25, 0.3) is 0 Å². The Morgan fingerprint density at radius 1 is 1.53 bits per heavy atom. The minimum absolute atomic E-state index is 0.0346. The van der Waals surface area contributed by atoms with Crippen LogP contribution in [0.1, 0.15) is 39.5 Å². The second kappa shape index (κ2) is 4.94. The van der Waals surface area contributed by atoms with E-state index >= 15 is 0 Å². The number of hydrogen-bond donors (Lipinski definition) is 2. The molecule has 1 atom stereocenters. The summed E-state index contributed by atoms with van der Waals surface area (Å²) in [6.45, 7) is 5.10. The molecule has 0 unspecified atom stereocenters. The van der Waals surface area contributed by atoms with E-state index in [-0.39, 0.29) is 11.9 Å². The number of amides is 1. The van der Waals surface area contributed by atoms with Crippen LogP contribution in [0.2, 0.25) is 0 Å². The molecule has 0 saturated carbocycles. The maximum Gasteiger partial charge on any atom is 0.239 e. The first-order valence-electron chi connectivity index (χ1n) is 5.73. The number of nitrogens with zero attached hydrogens (tertiary/aromatic N) is 1. The summed E-state index contributed by atoms with van der Waals surface area (Å²) in [5.41, 5.74) is 5.17. The summed E-state index contributed by atoms with van der Waals surface area (Å²) >= 11 is 0. The molecule has 4 nitrogen and oxygen atoms in total. The highest BCUT2D eigenvalue weighted by Crippen LogP contribution is 2.21. The van der Waals surface area contributed by atoms with Crippen LogP contribution in [-0.4, -0.2) is 40.6 Å². The summed E-state index contributed by atoms with van der Waals surface area (Å²) in [4.78, 5) is 13.6. The van der Waals surface area contributed by atoms with Crippen LogP contribution in [0.5, 0.6) is 0 Å². The van der Waals surface area contributed by atoms with Crippen LogP contribution in [0.25, 0.3) is 0 Å². The van der Waals surface area contributed by atoms with Crippen molar-refractivity contribution in [3.8, 4) is 0 Å². The average Bonchev–Trinajstić information content (AvgIpc) is 2.17. The third-order valence-electron chi connectivity index (χ3n) is 3.07. The number of carbonyl (C=O) groups is 1. The van der Waals surface area contributed by atoms with Crippen LogP contribution in [0.3, 0.4) is 0 Å². The van der Waals surface area contributed by atoms with Gasteiger partial charge >= 0.3 is 0 Å². The van der Waals surface area contributed by atoms with Gasteiger partial charge in [0, 0.05) is 13.1 Å². The van der Waals surface area contributed by atoms with E-state index < -0.39 is 5.60 Å². The molecule has 1 aliphatic rings. The second-order valence-electron chi connectivity index (χ2n) is 4.72. The largest absolute Gasteiger partial charge is 0.390 e. The summed E-state index contributed by atoms with van der Waals surface area (Å²) in [7, 11) is 0. The molecule has 0 bridgehead atoms. The Morgan fingerprint density at radius 2 is 2.07 bits per heavy atom. The maximum atomic E-state index is 11.8. The zero-order valence-corrected chi connectivity index (χ0v) is 9.70. The maximum absolute atomic E-state index is 11.8. The number of carbonyl (C=O) groups excluding carboxylic acids is 1. The molecule has 0 radical (unpaired) electrons. The molecule has 1 saturated heterocycles. The molecule has 1 amide bonds. The van der Waals surface area contributed by atoms with Crippen LogP contribution in [0, 0.1) is 0 Å². The quantitative estimate of drug-likeness (QED) is 0.718. The molecule has 88 valence electrons. The normalized spacial score (nSPS) is 22.5. The van der Waals surface area contributed by atoms with E-state index in [9.17, 15) is 9.90 Å². The van der Waals surface area contributed by atoms with Crippen molar-refractivity contribution in [3.63, 3.8) is 0 Å². The predicted octanol–water partition coefficient (Wildman–Crippen LogP) is 0.487. The average molecular weight is 214 g/mol. The van der Waals surface area contributed by atoms with Crippen molar-refractivity contribution in [2.24, 2.45) is 5.73 Å². The SMILES string of the molecule is CCC[C@@H](N)C(=O)N1CCC(C)(O)CC1. The van der Waals surface area contributed by atoms with Crippen molar-refractivity contribution in [2.75, 3.05) is 13.1 Å². The smallest absolute Gasteiger partial charge is 0.239 e. The fourth-order valence-electron chi connectivity index (χ4n) is 1.88. The monoisotopic (exact) mass is 214 g/mol. The highest BCUT2D eigenvalue weighted by Gasteiger charge is 2.31. The fraction of sp³-hybridized carbons (Fsp3) is 0.909. The van der Waals surface area contributed by atoms with Crippen molar-refractivity contribution in [1.29, 1.82) is 0 Å². The summed E-state index contributed by atoms with van der Waals surface area (Å²) in [5, 5.41) is 9.75. The molecular weight excluding hydrogens is 192 g/mol. The minimum Gasteiger partial charge on any atom is -0.390 e. The van der Waals surface area contributed by atoms with Crippen LogP contribution < -0.4 is 5.73 Å². The zero-order chi connectivity index (χ0) is 11.5. The lowest BCUT2D eigenvalue weighted by molar-refractivity contribution is -0.136. The molecule has 3 N–H and O–H groups in total. The number of nitrogens with two attached hydrogens (primary N) is 1. The van der Waals surface area contributed by atoms with Gasteiger partial charge in [-0.3, -0.25) is 4.79 Å². The highest BCUT2D eigenvalue weighted by atomic mass is 16.3. The predicted molar refractivity (Wildman–Crippen MR) is 59.3 cm³/mol. The molecule has 0 aromatic rings. The fourth-order valence-corrected chi connectivity index (χ4v) is 1.88. The lowest BCUT2D eigenvalue weighted by Gasteiger charge is -2.36. The number of piperidine rings is 1. The van der Waals surface area contributed by atoms with E-state index in [4.69, 9.17) is 5.73 Å². The molecule has 4 heteroatoms. The molecule has 0 aromatic heterocycles. The summed E-state index contributed by atoms with van der Waals surface area (Å²) < 4.78 is 0. The lowest BCUT2D eigenvalue weighted by atomic mass is 9.93. The Labute approximate surface area is 91.4 Å². The van der Waals surface area contributed by atoms with Crippen LogP contribution in [-0.2, 0) is 4.79 Å². The molecular formula is C11H22N2O2.